The summed E-state index contributed by atoms with van der Waals surface area (Å²) in [5.74, 6) is 0.565. The Balaban J connectivity index is 2.60. The Morgan fingerprint density at radius 1 is 1.31 bits per heavy atom. The van der Waals surface area contributed by atoms with Crippen LogP contribution in [0.5, 0.6) is 0 Å². The molecule has 1 aliphatic heterocycles. The van der Waals surface area contributed by atoms with E-state index in [1.165, 1.54) is 10.8 Å². The quantitative estimate of drug-likeness (QED) is 0.579. The molecule has 1 saturated heterocycles. The molecule has 0 aromatic heterocycles. The van der Waals surface area contributed by atoms with Gasteiger partial charge in [-0.2, -0.15) is 0 Å². The molecule has 0 N–H and O–H groups in total. The van der Waals surface area contributed by atoms with Crippen molar-refractivity contribution in [3.05, 3.63) is 0 Å². The molecule has 0 atom stereocenters. The van der Waals surface area contributed by atoms with Crippen molar-refractivity contribution in [2.24, 2.45) is 0 Å². The molecular formula is C7H15NO2S3. The summed E-state index contributed by atoms with van der Waals surface area (Å²) >= 11 is 4.18. The van der Waals surface area contributed by atoms with Gasteiger partial charge in [-0.05, 0) is 13.8 Å². The van der Waals surface area contributed by atoms with E-state index >= 15 is 0 Å². The standard InChI is InChI=1S/C7H15NO2S3/c1-7(2,12-11)8-3-5-13(9,10)6-4-8/h11H,3-6H2,1-2H3. The summed E-state index contributed by atoms with van der Waals surface area (Å²) in [6, 6.07) is 0. The Bertz CT molecular complexity index is 259. The molecule has 1 aliphatic rings. The van der Waals surface area contributed by atoms with Gasteiger partial charge in [-0.15, -0.1) is 11.7 Å². The average Bonchev–Trinajstić information content (AvgIpc) is 2.04. The lowest BCUT2D eigenvalue weighted by molar-refractivity contribution is 0.214. The lowest BCUT2D eigenvalue weighted by Crippen LogP contribution is -2.49. The summed E-state index contributed by atoms with van der Waals surface area (Å²) < 4.78 is 22.3. The third kappa shape index (κ3) is 3.04. The lowest BCUT2D eigenvalue weighted by atomic mass is 10.3. The van der Waals surface area contributed by atoms with Crippen molar-refractivity contribution in [1.29, 1.82) is 0 Å². The molecule has 0 unspecified atom stereocenters. The van der Waals surface area contributed by atoms with E-state index < -0.39 is 9.84 Å². The highest BCUT2D eigenvalue weighted by molar-refractivity contribution is 8.69. The normalized spacial score (nSPS) is 24.5. The van der Waals surface area contributed by atoms with Gasteiger partial charge in [-0.1, -0.05) is 10.8 Å². The first-order valence-electron chi connectivity index (χ1n) is 4.15. The molecule has 3 nitrogen and oxygen atoms in total. The van der Waals surface area contributed by atoms with Crippen LogP contribution >= 0.6 is 22.5 Å². The summed E-state index contributed by atoms with van der Waals surface area (Å²) in [7, 11) is -1.30. The molecule has 1 fully saturated rings. The number of hydrogen-bond donors (Lipinski definition) is 1. The number of nitrogens with zero attached hydrogens (tertiary/aromatic N) is 1. The maximum Gasteiger partial charge on any atom is 0.152 e. The highest BCUT2D eigenvalue weighted by Crippen LogP contribution is 2.32. The first-order chi connectivity index (χ1) is 5.87. The molecule has 0 aromatic rings. The first kappa shape index (κ1) is 11.7. The topological polar surface area (TPSA) is 37.4 Å². The second-order valence-corrected chi connectivity index (χ2v) is 7.71. The minimum Gasteiger partial charge on any atom is -0.287 e. The Morgan fingerprint density at radius 2 is 1.77 bits per heavy atom. The Kier molecular flexibility index (Phi) is 3.60. The molecular weight excluding hydrogens is 226 g/mol. The average molecular weight is 241 g/mol. The van der Waals surface area contributed by atoms with E-state index in [0.717, 1.165) is 0 Å². The van der Waals surface area contributed by atoms with E-state index in [9.17, 15) is 8.42 Å². The molecule has 1 heterocycles. The molecule has 0 radical (unpaired) electrons. The van der Waals surface area contributed by atoms with Gasteiger partial charge >= 0.3 is 0 Å². The monoisotopic (exact) mass is 241 g/mol. The molecule has 0 saturated carbocycles. The zero-order valence-corrected chi connectivity index (χ0v) is 10.4. The van der Waals surface area contributed by atoms with Gasteiger partial charge in [-0.3, -0.25) is 4.90 Å². The number of rotatable bonds is 2. The highest BCUT2D eigenvalue weighted by Gasteiger charge is 2.31. The van der Waals surface area contributed by atoms with Crippen LogP contribution in [0.25, 0.3) is 0 Å². The zero-order valence-electron chi connectivity index (χ0n) is 7.86. The predicted molar refractivity (Wildman–Crippen MR) is 60.9 cm³/mol. The lowest BCUT2D eigenvalue weighted by Gasteiger charge is -2.38. The van der Waals surface area contributed by atoms with Crippen LogP contribution in [0.3, 0.4) is 0 Å². The van der Waals surface area contributed by atoms with Crippen molar-refractivity contribution in [2.45, 2.75) is 18.7 Å². The summed E-state index contributed by atoms with van der Waals surface area (Å²) in [4.78, 5) is 2.09. The second-order valence-electron chi connectivity index (χ2n) is 3.68. The smallest absolute Gasteiger partial charge is 0.152 e. The number of thiol groups is 1. The first-order valence-corrected chi connectivity index (χ1v) is 7.84. The summed E-state index contributed by atoms with van der Waals surface area (Å²) in [5.41, 5.74) is 0. The Labute approximate surface area is 89.0 Å². The van der Waals surface area contributed by atoms with Crippen molar-refractivity contribution in [3.8, 4) is 0 Å². The van der Waals surface area contributed by atoms with E-state index in [0.29, 0.717) is 13.1 Å². The predicted octanol–water partition coefficient (Wildman–Crippen LogP) is 1.03. The van der Waals surface area contributed by atoms with Gasteiger partial charge in [0.15, 0.2) is 9.84 Å². The summed E-state index contributed by atoms with van der Waals surface area (Å²) in [5, 5.41) is 0. The zero-order chi connectivity index (χ0) is 10.1. The minimum atomic E-state index is -2.76. The summed E-state index contributed by atoms with van der Waals surface area (Å²) in [6.07, 6.45) is 0. The third-order valence-corrected chi connectivity index (χ3v) is 5.98. The van der Waals surface area contributed by atoms with Gasteiger partial charge in [0.25, 0.3) is 0 Å². The van der Waals surface area contributed by atoms with Gasteiger partial charge in [0, 0.05) is 13.1 Å². The summed E-state index contributed by atoms with van der Waals surface area (Å²) in [6.45, 7) is 5.37. The van der Waals surface area contributed by atoms with Crippen LogP contribution in [0.15, 0.2) is 0 Å². The van der Waals surface area contributed by atoms with Crippen molar-refractivity contribution in [3.63, 3.8) is 0 Å². The molecule has 0 bridgehead atoms. The highest BCUT2D eigenvalue weighted by atomic mass is 33.1. The maximum absolute atomic E-state index is 11.2. The third-order valence-electron chi connectivity index (χ3n) is 2.33. The van der Waals surface area contributed by atoms with E-state index in [1.807, 2.05) is 0 Å². The van der Waals surface area contributed by atoms with Crippen LogP contribution < -0.4 is 0 Å². The van der Waals surface area contributed by atoms with Crippen LogP contribution in [0.1, 0.15) is 13.8 Å². The number of hydrogen-bond acceptors (Lipinski definition) is 5. The van der Waals surface area contributed by atoms with Crippen molar-refractivity contribution < 1.29 is 8.42 Å². The van der Waals surface area contributed by atoms with E-state index in [-0.39, 0.29) is 16.4 Å². The number of sulfone groups is 1. The van der Waals surface area contributed by atoms with Crippen LogP contribution in [-0.4, -0.2) is 42.8 Å². The Hall–Kier alpha value is 0.610. The van der Waals surface area contributed by atoms with E-state index in [1.54, 1.807) is 0 Å². The van der Waals surface area contributed by atoms with Crippen molar-refractivity contribution in [1.82, 2.24) is 4.90 Å². The van der Waals surface area contributed by atoms with Crippen LogP contribution in [0.2, 0.25) is 0 Å². The van der Waals surface area contributed by atoms with E-state index in [2.05, 4.69) is 30.4 Å². The molecule has 0 aromatic carbocycles. The maximum atomic E-state index is 11.2. The van der Waals surface area contributed by atoms with E-state index in [4.69, 9.17) is 0 Å². The molecule has 78 valence electrons. The molecule has 13 heavy (non-hydrogen) atoms. The van der Waals surface area contributed by atoms with Crippen molar-refractivity contribution in [2.75, 3.05) is 24.6 Å². The van der Waals surface area contributed by atoms with Gasteiger partial charge in [-0.25, -0.2) is 8.42 Å². The molecule has 0 amide bonds. The van der Waals surface area contributed by atoms with Gasteiger partial charge in [0.2, 0.25) is 0 Å². The Morgan fingerprint density at radius 3 is 2.15 bits per heavy atom. The SMILES string of the molecule is CC(C)(SS)N1CCS(=O)(=O)CC1. The fourth-order valence-corrected chi connectivity index (χ4v) is 3.15. The molecule has 0 spiro atoms. The van der Waals surface area contributed by atoms with Crippen molar-refractivity contribution >= 4 is 32.3 Å². The van der Waals surface area contributed by atoms with Crippen LogP contribution in [0, 0.1) is 0 Å². The van der Waals surface area contributed by atoms with Gasteiger partial charge in [0.05, 0.1) is 16.4 Å². The van der Waals surface area contributed by atoms with Crippen LogP contribution in [0.4, 0.5) is 0 Å². The van der Waals surface area contributed by atoms with Crippen LogP contribution in [-0.2, 0) is 9.84 Å². The van der Waals surface area contributed by atoms with Gasteiger partial charge < -0.3 is 0 Å². The molecule has 0 aliphatic carbocycles. The molecule has 1 rings (SSSR count). The fourth-order valence-electron chi connectivity index (χ4n) is 1.31. The fraction of sp³-hybridized carbons (Fsp3) is 1.00. The van der Waals surface area contributed by atoms with Gasteiger partial charge in [0.1, 0.15) is 0 Å². The second kappa shape index (κ2) is 4.00. The molecule has 6 heteroatoms. The minimum absolute atomic E-state index is 0.0704. The largest absolute Gasteiger partial charge is 0.287 e.